The molecule has 2 amide bonds. The first kappa shape index (κ1) is 23.6. The van der Waals surface area contributed by atoms with Crippen LogP contribution in [0.15, 0.2) is 42.5 Å². The SMILES string of the molecule is CCN1CCN(c2ccc(NC(=O)CNC(=O)c3ccc(C(F)(F)F)cc3)c(C)c2)CC1. The Hall–Kier alpha value is -3.07. The smallest absolute Gasteiger partial charge is 0.369 e. The van der Waals surface area contributed by atoms with Crippen LogP contribution in [0.3, 0.4) is 0 Å². The Balaban J connectivity index is 1.52. The van der Waals surface area contributed by atoms with Crippen LogP contribution in [0.25, 0.3) is 0 Å². The summed E-state index contributed by atoms with van der Waals surface area (Å²) in [6.45, 7) is 8.77. The molecule has 3 rings (SSSR count). The molecule has 0 spiro atoms. The highest BCUT2D eigenvalue weighted by atomic mass is 19.4. The van der Waals surface area contributed by atoms with E-state index in [1.807, 2.05) is 25.1 Å². The highest BCUT2D eigenvalue weighted by Gasteiger charge is 2.30. The molecule has 2 aromatic rings. The first-order valence-electron chi connectivity index (χ1n) is 10.5. The number of piperazine rings is 1. The van der Waals surface area contributed by atoms with Crippen LogP contribution in [0.2, 0.25) is 0 Å². The highest BCUT2D eigenvalue weighted by molar-refractivity contribution is 5.99. The average molecular weight is 448 g/mol. The predicted octanol–water partition coefficient (Wildman–Crippen LogP) is 3.52. The number of likely N-dealkylation sites (N-methyl/N-ethyl adjacent to an activating group) is 1. The Morgan fingerprint density at radius 2 is 1.66 bits per heavy atom. The van der Waals surface area contributed by atoms with Crippen molar-refractivity contribution in [2.24, 2.45) is 0 Å². The number of carbonyl (C=O) groups excluding carboxylic acids is 2. The number of alkyl halides is 3. The van der Waals surface area contributed by atoms with Gasteiger partial charge in [-0.1, -0.05) is 6.92 Å². The zero-order valence-corrected chi connectivity index (χ0v) is 18.1. The van der Waals surface area contributed by atoms with Gasteiger partial charge in [-0.25, -0.2) is 0 Å². The number of anilines is 2. The van der Waals surface area contributed by atoms with Crippen LogP contribution in [-0.2, 0) is 11.0 Å². The van der Waals surface area contributed by atoms with Crippen LogP contribution in [0.4, 0.5) is 24.5 Å². The molecule has 0 bridgehead atoms. The quantitative estimate of drug-likeness (QED) is 0.710. The summed E-state index contributed by atoms with van der Waals surface area (Å²) < 4.78 is 37.9. The minimum atomic E-state index is -4.47. The number of hydrogen-bond donors (Lipinski definition) is 2. The van der Waals surface area contributed by atoms with E-state index in [-0.39, 0.29) is 12.1 Å². The molecule has 1 aliphatic heterocycles. The molecule has 0 saturated carbocycles. The van der Waals surface area contributed by atoms with Gasteiger partial charge in [0.25, 0.3) is 5.91 Å². The van der Waals surface area contributed by atoms with Crippen LogP contribution >= 0.6 is 0 Å². The maximum atomic E-state index is 12.6. The van der Waals surface area contributed by atoms with E-state index in [1.165, 1.54) is 0 Å². The van der Waals surface area contributed by atoms with Crippen molar-refractivity contribution >= 4 is 23.2 Å². The third kappa shape index (κ3) is 6.00. The van der Waals surface area contributed by atoms with Crippen molar-refractivity contribution in [3.05, 3.63) is 59.2 Å². The van der Waals surface area contributed by atoms with E-state index in [9.17, 15) is 22.8 Å². The van der Waals surface area contributed by atoms with E-state index >= 15 is 0 Å². The van der Waals surface area contributed by atoms with Crippen molar-refractivity contribution in [3.8, 4) is 0 Å². The molecule has 32 heavy (non-hydrogen) atoms. The molecule has 0 radical (unpaired) electrons. The Labute approximate surface area is 185 Å². The van der Waals surface area contributed by atoms with Crippen molar-refractivity contribution in [1.82, 2.24) is 10.2 Å². The summed E-state index contributed by atoms with van der Waals surface area (Å²) in [5.74, 6) is -1.04. The van der Waals surface area contributed by atoms with E-state index in [0.29, 0.717) is 5.69 Å². The fraction of sp³-hybridized carbons (Fsp3) is 0.391. The number of amides is 2. The van der Waals surface area contributed by atoms with Gasteiger partial charge in [0.05, 0.1) is 12.1 Å². The number of halogens is 3. The molecule has 0 aromatic heterocycles. The number of hydrogen-bond acceptors (Lipinski definition) is 4. The first-order chi connectivity index (χ1) is 15.2. The molecule has 0 atom stereocenters. The van der Waals surface area contributed by atoms with Gasteiger partial charge < -0.3 is 20.4 Å². The fourth-order valence-corrected chi connectivity index (χ4v) is 3.57. The standard InChI is InChI=1S/C23H27F3N4O2/c1-3-29-10-12-30(13-11-29)19-8-9-20(16(2)14-19)28-21(31)15-27-22(32)17-4-6-18(7-5-17)23(24,25)26/h4-9,14H,3,10-13,15H2,1-2H3,(H,27,32)(H,28,31). The molecule has 6 nitrogen and oxygen atoms in total. The summed E-state index contributed by atoms with van der Waals surface area (Å²) in [5.41, 5.74) is 1.87. The van der Waals surface area contributed by atoms with Gasteiger partial charge in [-0.15, -0.1) is 0 Å². The number of nitrogens with zero attached hydrogens (tertiary/aromatic N) is 2. The summed E-state index contributed by atoms with van der Waals surface area (Å²) in [6, 6.07) is 9.66. The average Bonchev–Trinajstić information content (AvgIpc) is 2.78. The number of aryl methyl sites for hydroxylation is 1. The van der Waals surface area contributed by atoms with E-state index in [0.717, 1.165) is 68.2 Å². The molecule has 1 fully saturated rings. The number of nitrogens with one attached hydrogen (secondary N) is 2. The van der Waals surface area contributed by atoms with E-state index < -0.39 is 23.6 Å². The van der Waals surface area contributed by atoms with E-state index in [4.69, 9.17) is 0 Å². The van der Waals surface area contributed by atoms with E-state index in [1.54, 1.807) is 0 Å². The Kier molecular flexibility index (Phi) is 7.40. The van der Waals surface area contributed by atoms with Crippen LogP contribution < -0.4 is 15.5 Å². The van der Waals surface area contributed by atoms with Crippen molar-refractivity contribution in [1.29, 1.82) is 0 Å². The molecule has 9 heteroatoms. The lowest BCUT2D eigenvalue weighted by atomic mass is 10.1. The normalized spacial score (nSPS) is 14.8. The Morgan fingerprint density at radius 1 is 1.00 bits per heavy atom. The third-order valence-electron chi connectivity index (χ3n) is 5.55. The maximum Gasteiger partial charge on any atom is 0.416 e. The molecule has 0 unspecified atom stereocenters. The molecular weight excluding hydrogens is 421 g/mol. The van der Waals surface area contributed by atoms with Crippen LogP contribution in [-0.4, -0.2) is 56.0 Å². The molecule has 1 saturated heterocycles. The lowest BCUT2D eigenvalue weighted by Crippen LogP contribution is -2.46. The van der Waals surface area contributed by atoms with Crippen molar-refractivity contribution < 1.29 is 22.8 Å². The second-order valence-electron chi connectivity index (χ2n) is 7.73. The van der Waals surface area contributed by atoms with Crippen LogP contribution in [0.5, 0.6) is 0 Å². The van der Waals surface area contributed by atoms with Gasteiger partial charge in [0.1, 0.15) is 0 Å². The molecular formula is C23H27F3N4O2. The minimum absolute atomic E-state index is 0.0505. The first-order valence-corrected chi connectivity index (χ1v) is 10.5. The summed E-state index contributed by atoms with van der Waals surface area (Å²) in [4.78, 5) is 29.1. The zero-order chi connectivity index (χ0) is 23.3. The van der Waals surface area contributed by atoms with Gasteiger partial charge in [-0.3, -0.25) is 9.59 Å². The zero-order valence-electron chi connectivity index (χ0n) is 18.1. The number of rotatable bonds is 6. The van der Waals surface area contributed by atoms with Crippen LogP contribution in [0, 0.1) is 6.92 Å². The molecule has 172 valence electrons. The summed E-state index contributed by atoms with van der Waals surface area (Å²) >= 11 is 0. The lowest BCUT2D eigenvalue weighted by molar-refractivity contribution is -0.137. The lowest BCUT2D eigenvalue weighted by Gasteiger charge is -2.35. The molecule has 1 heterocycles. The second-order valence-corrected chi connectivity index (χ2v) is 7.73. The maximum absolute atomic E-state index is 12.6. The Morgan fingerprint density at radius 3 is 2.22 bits per heavy atom. The molecule has 1 aliphatic rings. The number of benzene rings is 2. The van der Waals surface area contributed by atoms with Gasteiger partial charge >= 0.3 is 6.18 Å². The highest BCUT2D eigenvalue weighted by Crippen LogP contribution is 2.29. The van der Waals surface area contributed by atoms with Gasteiger partial charge in [-0.2, -0.15) is 13.2 Å². The van der Waals surface area contributed by atoms with Gasteiger partial charge in [0, 0.05) is 43.1 Å². The van der Waals surface area contributed by atoms with Gasteiger partial charge in [0.2, 0.25) is 5.91 Å². The van der Waals surface area contributed by atoms with E-state index in [2.05, 4.69) is 27.4 Å². The minimum Gasteiger partial charge on any atom is -0.369 e. The largest absolute Gasteiger partial charge is 0.416 e. The van der Waals surface area contributed by atoms with Gasteiger partial charge in [-0.05, 0) is 61.5 Å². The molecule has 2 N–H and O–H groups in total. The number of carbonyl (C=O) groups is 2. The van der Waals surface area contributed by atoms with Crippen molar-refractivity contribution in [2.75, 3.05) is 49.5 Å². The third-order valence-corrected chi connectivity index (χ3v) is 5.55. The van der Waals surface area contributed by atoms with Crippen molar-refractivity contribution in [3.63, 3.8) is 0 Å². The fourth-order valence-electron chi connectivity index (χ4n) is 3.57. The Bertz CT molecular complexity index is 953. The summed E-state index contributed by atoms with van der Waals surface area (Å²) in [5, 5.41) is 5.19. The second kappa shape index (κ2) is 10.0. The monoisotopic (exact) mass is 448 g/mol. The van der Waals surface area contributed by atoms with Crippen LogP contribution in [0.1, 0.15) is 28.4 Å². The summed E-state index contributed by atoms with van der Waals surface area (Å²) in [7, 11) is 0. The molecule has 2 aromatic carbocycles. The topological polar surface area (TPSA) is 64.7 Å². The summed E-state index contributed by atoms with van der Waals surface area (Å²) in [6.07, 6.45) is -4.47. The predicted molar refractivity (Wildman–Crippen MR) is 118 cm³/mol. The molecule has 0 aliphatic carbocycles. The van der Waals surface area contributed by atoms with Crippen molar-refractivity contribution in [2.45, 2.75) is 20.0 Å². The van der Waals surface area contributed by atoms with Gasteiger partial charge in [0.15, 0.2) is 0 Å².